The lowest BCUT2D eigenvalue weighted by atomic mass is 9.69. The van der Waals surface area contributed by atoms with Gasteiger partial charge in [0.2, 0.25) is 10.0 Å². The van der Waals surface area contributed by atoms with Crippen molar-refractivity contribution in [1.29, 1.82) is 0 Å². The molecule has 2 N–H and O–H groups in total. The zero-order valence-electron chi connectivity index (χ0n) is 16.4. The number of carbonyl (C=O) groups excluding carboxylic acids is 1. The minimum Gasteiger partial charge on any atom is -0.495 e. The molecule has 3 atom stereocenters. The highest BCUT2D eigenvalue weighted by Gasteiger charge is 2.33. The highest BCUT2D eigenvalue weighted by Crippen LogP contribution is 2.40. The third-order valence-corrected chi connectivity index (χ3v) is 8.03. The molecule has 154 valence electrons. The van der Waals surface area contributed by atoms with Gasteiger partial charge in [0.25, 0.3) is 5.91 Å². The predicted octanol–water partition coefficient (Wildman–Crippen LogP) is 3.22. The summed E-state index contributed by atoms with van der Waals surface area (Å²) in [6, 6.07) is 4.81. The molecule has 3 aliphatic rings. The van der Waals surface area contributed by atoms with Crippen LogP contribution in [0.3, 0.4) is 0 Å². The zero-order chi connectivity index (χ0) is 19.7. The van der Waals surface area contributed by atoms with Crippen LogP contribution < -0.4 is 14.8 Å². The molecule has 6 nitrogen and oxygen atoms in total. The summed E-state index contributed by atoms with van der Waals surface area (Å²) in [7, 11) is -2.26. The van der Waals surface area contributed by atoms with Gasteiger partial charge in [-0.1, -0.05) is 25.7 Å². The van der Waals surface area contributed by atoms with Gasteiger partial charge in [0, 0.05) is 17.6 Å². The van der Waals surface area contributed by atoms with Gasteiger partial charge in [0.1, 0.15) is 10.6 Å². The highest BCUT2D eigenvalue weighted by atomic mass is 32.2. The number of hydrogen-bond donors (Lipinski definition) is 2. The van der Waals surface area contributed by atoms with Gasteiger partial charge in [-0.3, -0.25) is 4.79 Å². The Balaban J connectivity index is 1.47. The standard InChI is InChI=1S/C21H30N2O4S/c1-27-19-11-7-16(13-20(19)28(25,26)23-17-9-10-17)21(24)22-18-8-6-14-4-2-3-5-15(14)12-18/h7,11,13-15,17-18,23H,2-6,8-10,12H2,1H3,(H,22,24)/t14-,15+,18-/m1/s1. The second-order valence-electron chi connectivity index (χ2n) is 8.55. The fourth-order valence-electron chi connectivity index (χ4n) is 4.79. The van der Waals surface area contributed by atoms with Gasteiger partial charge in [0.15, 0.2) is 0 Å². The van der Waals surface area contributed by atoms with E-state index in [0.717, 1.165) is 37.5 Å². The van der Waals surface area contributed by atoms with E-state index in [1.807, 2.05) is 0 Å². The molecule has 0 unspecified atom stereocenters. The topological polar surface area (TPSA) is 84.5 Å². The van der Waals surface area contributed by atoms with E-state index in [-0.39, 0.29) is 28.6 Å². The van der Waals surface area contributed by atoms with Crippen LogP contribution in [0, 0.1) is 11.8 Å². The molecule has 0 radical (unpaired) electrons. The first-order valence-electron chi connectivity index (χ1n) is 10.5. The van der Waals surface area contributed by atoms with Crippen LogP contribution in [0.1, 0.15) is 68.1 Å². The average Bonchev–Trinajstić information content (AvgIpc) is 3.50. The first kappa shape index (κ1) is 19.7. The Morgan fingerprint density at radius 2 is 1.71 bits per heavy atom. The number of hydrogen-bond acceptors (Lipinski definition) is 4. The van der Waals surface area contributed by atoms with E-state index in [1.165, 1.54) is 45.3 Å². The smallest absolute Gasteiger partial charge is 0.251 e. The van der Waals surface area contributed by atoms with Crippen molar-refractivity contribution < 1.29 is 17.9 Å². The SMILES string of the molecule is COc1ccc(C(=O)N[C@@H]2CC[C@H]3CCCC[C@H]3C2)cc1S(=O)(=O)NC1CC1. The first-order valence-corrected chi connectivity index (χ1v) is 12.0. The molecule has 0 aromatic heterocycles. The van der Waals surface area contributed by atoms with Crippen LogP contribution >= 0.6 is 0 Å². The molecule has 0 bridgehead atoms. The van der Waals surface area contributed by atoms with Crippen molar-refractivity contribution in [1.82, 2.24) is 10.0 Å². The minimum absolute atomic E-state index is 0.00198. The lowest BCUT2D eigenvalue weighted by Crippen LogP contribution is -2.41. The van der Waals surface area contributed by atoms with Gasteiger partial charge in [-0.15, -0.1) is 0 Å². The van der Waals surface area contributed by atoms with E-state index >= 15 is 0 Å². The predicted molar refractivity (Wildman–Crippen MR) is 107 cm³/mol. The van der Waals surface area contributed by atoms with Gasteiger partial charge >= 0.3 is 0 Å². The normalized spacial score (nSPS) is 27.7. The quantitative estimate of drug-likeness (QED) is 0.760. The zero-order valence-corrected chi connectivity index (χ0v) is 17.3. The second-order valence-corrected chi connectivity index (χ2v) is 10.2. The summed E-state index contributed by atoms with van der Waals surface area (Å²) in [5, 5.41) is 3.14. The van der Waals surface area contributed by atoms with Crippen molar-refractivity contribution in [3.8, 4) is 5.75 Å². The number of benzene rings is 1. The highest BCUT2D eigenvalue weighted by molar-refractivity contribution is 7.89. The number of nitrogens with one attached hydrogen (secondary N) is 2. The van der Waals surface area contributed by atoms with Gasteiger partial charge in [0.05, 0.1) is 7.11 Å². The summed E-state index contributed by atoms with van der Waals surface area (Å²) in [5.74, 6) is 1.60. The fourth-order valence-corrected chi connectivity index (χ4v) is 6.29. The van der Waals surface area contributed by atoms with Crippen LogP contribution in [0.2, 0.25) is 0 Å². The van der Waals surface area contributed by atoms with Gasteiger partial charge in [-0.25, -0.2) is 13.1 Å². The molecule has 28 heavy (non-hydrogen) atoms. The molecule has 0 saturated heterocycles. The second kappa shape index (κ2) is 8.03. The summed E-state index contributed by atoms with van der Waals surface area (Å²) in [6.07, 6.45) is 10.2. The summed E-state index contributed by atoms with van der Waals surface area (Å²) in [5.41, 5.74) is 0.364. The van der Waals surface area contributed by atoms with E-state index in [2.05, 4.69) is 10.0 Å². The molecule has 1 aromatic rings. The fraction of sp³-hybridized carbons (Fsp3) is 0.667. The van der Waals surface area contributed by atoms with Gasteiger partial charge in [-0.05, 0) is 62.1 Å². The monoisotopic (exact) mass is 406 g/mol. The number of rotatable bonds is 6. The number of amides is 1. The van der Waals surface area contributed by atoms with Crippen molar-refractivity contribution >= 4 is 15.9 Å². The molecule has 1 amide bonds. The first-order chi connectivity index (χ1) is 13.5. The Kier molecular flexibility index (Phi) is 5.65. The van der Waals surface area contributed by atoms with Crippen LogP contribution in [0.25, 0.3) is 0 Å². The molecule has 4 rings (SSSR count). The average molecular weight is 407 g/mol. The molecule has 1 aromatic carbocycles. The van der Waals surface area contributed by atoms with E-state index < -0.39 is 10.0 Å². The molecule has 3 fully saturated rings. The molecule has 3 saturated carbocycles. The third kappa shape index (κ3) is 4.35. The molecule has 0 spiro atoms. The number of carbonyl (C=O) groups is 1. The van der Waals surface area contributed by atoms with Crippen LogP contribution in [0.5, 0.6) is 5.75 Å². The Bertz CT molecular complexity index is 835. The molecule has 7 heteroatoms. The van der Waals surface area contributed by atoms with Crippen molar-refractivity contribution in [3.63, 3.8) is 0 Å². The summed E-state index contributed by atoms with van der Waals surface area (Å²) < 4.78 is 33.2. The van der Waals surface area contributed by atoms with Crippen molar-refractivity contribution in [2.24, 2.45) is 11.8 Å². The van der Waals surface area contributed by atoms with Crippen LogP contribution in [-0.4, -0.2) is 33.5 Å². The lowest BCUT2D eigenvalue weighted by molar-refractivity contribution is 0.0879. The van der Waals surface area contributed by atoms with Gasteiger partial charge < -0.3 is 10.1 Å². The van der Waals surface area contributed by atoms with Crippen molar-refractivity contribution in [3.05, 3.63) is 23.8 Å². The molecular formula is C21H30N2O4S. The van der Waals surface area contributed by atoms with E-state index in [1.54, 1.807) is 12.1 Å². The Hall–Kier alpha value is -1.60. The third-order valence-electron chi connectivity index (χ3n) is 6.49. The maximum absolute atomic E-state index is 12.8. The summed E-state index contributed by atoms with van der Waals surface area (Å²) in [6.45, 7) is 0. The molecule has 3 aliphatic carbocycles. The number of fused-ring (bicyclic) bond motifs is 1. The minimum atomic E-state index is -3.70. The molecule has 0 heterocycles. The van der Waals surface area contributed by atoms with Crippen LogP contribution in [0.4, 0.5) is 0 Å². The Labute approximate surface area is 167 Å². The van der Waals surface area contributed by atoms with Crippen LogP contribution in [0.15, 0.2) is 23.1 Å². The number of sulfonamides is 1. The lowest BCUT2D eigenvalue weighted by Gasteiger charge is -2.39. The maximum atomic E-state index is 12.8. The largest absolute Gasteiger partial charge is 0.495 e. The Morgan fingerprint density at radius 3 is 2.43 bits per heavy atom. The van der Waals surface area contributed by atoms with E-state index in [0.29, 0.717) is 5.56 Å². The summed E-state index contributed by atoms with van der Waals surface area (Å²) >= 11 is 0. The molecular weight excluding hydrogens is 376 g/mol. The molecule has 0 aliphatic heterocycles. The van der Waals surface area contributed by atoms with Crippen LogP contribution in [-0.2, 0) is 10.0 Å². The number of ether oxygens (including phenoxy) is 1. The number of methoxy groups -OCH3 is 1. The van der Waals surface area contributed by atoms with Crippen molar-refractivity contribution in [2.45, 2.75) is 74.8 Å². The van der Waals surface area contributed by atoms with E-state index in [4.69, 9.17) is 4.74 Å². The Morgan fingerprint density at radius 1 is 1.00 bits per heavy atom. The maximum Gasteiger partial charge on any atom is 0.251 e. The van der Waals surface area contributed by atoms with E-state index in [9.17, 15) is 13.2 Å². The van der Waals surface area contributed by atoms with Gasteiger partial charge in [-0.2, -0.15) is 0 Å². The van der Waals surface area contributed by atoms with Crippen molar-refractivity contribution in [2.75, 3.05) is 7.11 Å². The summed E-state index contributed by atoms with van der Waals surface area (Å²) in [4.78, 5) is 12.9.